The molecule has 0 bridgehead atoms. The number of hydrogen-bond acceptors (Lipinski definition) is 3. The van der Waals surface area contributed by atoms with Gasteiger partial charge in [0.25, 0.3) is 5.91 Å². The molecule has 1 amide bonds. The van der Waals surface area contributed by atoms with E-state index in [2.05, 4.69) is 10.5 Å². The number of aromatic nitrogens is 1. The summed E-state index contributed by atoms with van der Waals surface area (Å²) in [5, 5.41) is 5.38. The summed E-state index contributed by atoms with van der Waals surface area (Å²) in [7, 11) is 0. The van der Waals surface area contributed by atoms with Gasteiger partial charge in [-0.15, -0.1) is 0 Å². The average molecular weight is 478 g/mol. The molecule has 7 heteroatoms. The lowest BCUT2D eigenvalue weighted by atomic mass is 10.1. The number of ether oxygens (including phenoxy) is 1. The Kier molecular flexibility index (Phi) is 7.13. The second kappa shape index (κ2) is 10.4. The summed E-state index contributed by atoms with van der Waals surface area (Å²) >= 11 is 12.1. The van der Waals surface area contributed by atoms with Crippen LogP contribution in [0.4, 0.5) is 0 Å². The first-order valence-electron chi connectivity index (χ1n) is 10.2. The molecule has 0 spiro atoms. The molecule has 0 aliphatic heterocycles. The van der Waals surface area contributed by atoms with Crippen molar-refractivity contribution in [2.24, 2.45) is 5.10 Å². The molecule has 0 atom stereocenters. The molecule has 0 aliphatic carbocycles. The Morgan fingerprint density at radius 2 is 1.61 bits per heavy atom. The average Bonchev–Trinajstić information content (AvgIpc) is 3.37. The van der Waals surface area contributed by atoms with E-state index in [4.69, 9.17) is 27.9 Å². The lowest BCUT2D eigenvalue weighted by Gasteiger charge is -2.09. The minimum Gasteiger partial charge on any atom is -0.489 e. The van der Waals surface area contributed by atoms with Gasteiger partial charge in [-0.3, -0.25) is 4.79 Å². The van der Waals surface area contributed by atoms with Gasteiger partial charge in [0.2, 0.25) is 0 Å². The molecule has 1 heterocycles. The maximum atomic E-state index is 12.4. The molecule has 0 radical (unpaired) electrons. The Bertz CT molecular complexity index is 1270. The largest absolute Gasteiger partial charge is 0.489 e. The minimum absolute atomic E-state index is 0.270. The maximum absolute atomic E-state index is 12.4. The number of amides is 1. The molecule has 0 saturated heterocycles. The van der Waals surface area contributed by atoms with Crippen molar-refractivity contribution in [3.63, 3.8) is 0 Å². The van der Waals surface area contributed by atoms with Crippen molar-refractivity contribution in [2.75, 3.05) is 0 Å². The lowest BCUT2D eigenvalue weighted by Crippen LogP contribution is -2.19. The number of rotatable bonds is 7. The van der Waals surface area contributed by atoms with Crippen LogP contribution in [0, 0.1) is 0 Å². The summed E-state index contributed by atoms with van der Waals surface area (Å²) in [6, 6.07) is 24.0. The number of nitrogens with zero attached hydrogens (tertiary/aromatic N) is 2. The Labute approximate surface area is 202 Å². The molecule has 33 heavy (non-hydrogen) atoms. The van der Waals surface area contributed by atoms with Crippen molar-refractivity contribution in [2.45, 2.75) is 13.5 Å². The fourth-order valence-electron chi connectivity index (χ4n) is 3.15. The number of carbonyl (C=O) groups is 1. The molecule has 4 rings (SSSR count). The summed E-state index contributed by atoms with van der Waals surface area (Å²) in [5.41, 5.74) is 6.53. The zero-order valence-electron chi connectivity index (χ0n) is 17.8. The number of nitrogens with one attached hydrogen (secondary N) is 1. The first-order valence-corrected chi connectivity index (χ1v) is 11.0. The van der Waals surface area contributed by atoms with E-state index in [1.807, 2.05) is 78.5 Å². The summed E-state index contributed by atoms with van der Waals surface area (Å²) in [5.74, 6) is 0.428. The SMILES string of the molecule is C/C(=N\NC(=O)c1ccc(-n2cccc2)cc1)c1ccc(OCc2ccc(Cl)cc2Cl)cc1. The fraction of sp³-hybridized carbons (Fsp3) is 0.0769. The van der Waals surface area contributed by atoms with Gasteiger partial charge in [0.05, 0.1) is 5.71 Å². The van der Waals surface area contributed by atoms with Crippen molar-refractivity contribution in [1.82, 2.24) is 9.99 Å². The number of hydrogen-bond donors (Lipinski definition) is 1. The molecular formula is C26H21Cl2N3O2. The van der Waals surface area contributed by atoms with Crippen LogP contribution in [0.3, 0.4) is 0 Å². The van der Waals surface area contributed by atoms with E-state index in [1.165, 1.54) is 0 Å². The van der Waals surface area contributed by atoms with Gasteiger partial charge >= 0.3 is 0 Å². The van der Waals surface area contributed by atoms with Crippen LogP contribution < -0.4 is 10.2 Å². The molecule has 1 aromatic heterocycles. The third-order valence-electron chi connectivity index (χ3n) is 5.04. The van der Waals surface area contributed by atoms with Crippen LogP contribution in [-0.4, -0.2) is 16.2 Å². The van der Waals surface area contributed by atoms with Gasteiger partial charge in [0.1, 0.15) is 12.4 Å². The van der Waals surface area contributed by atoms with Gasteiger partial charge in [-0.25, -0.2) is 5.43 Å². The van der Waals surface area contributed by atoms with E-state index in [0.717, 1.165) is 16.8 Å². The molecular weight excluding hydrogens is 457 g/mol. The van der Waals surface area contributed by atoms with Crippen LogP contribution in [-0.2, 0) is 6.61 Å². The van der Waals surface area contributed by atoms with Gasteiger partial charge in [-0.2, -0.15) is 5.10 Å². The second-order valence-electron chi connectivity index (χ2n) is 7.32. The Morgan fingerprint density at radius 1 is 0.939 bits per heavy atom. The van der Waals surface area contributed by atoms with Gasteiger partial charge in [0, 0.05) is 39.3 Å². The second-order valence-corrected chi connectivity index (χ2v) is 8.17. The van der Waals surface area contributed by atoms with Crippen LogP contribution in [0.2, 0.25) is 10.0 Å². The minimum atomic E-state index is -0.270. The highest BCUT2D eigenvalue weighted by atomic mass is 35.5. The van der Waals surface area contributed by atoms with E-state index in [-0.39, 0.29) is 5.91 Å². The molecule has 1 N–H and O–H groups in total. The number of benzene rings is 3. The van der Waals surface area contributed by atoms with Crippen LogP contribution in [0.5, 0.6) is 5.75 Å². The number of hydrazone groups is 1. The summed E-state index contributed by atoms with van der Waals surface area (Å²) < 4.78 is 7.77. The van der Waals surface area contributed by atoms with Gasteiger partial charge in [-0.05, 0) is 85.3 Å². The summed E-state index contributed by atoms with van der Waals surface area (Å²) in [6.07, 6.45) is 3.90. The molecule has 166 valence electrons. The highest BCUT2D eigenvalue weighted by Crippen LogP contribution is 2.23. The van der Waals surface area contributed by atoms with Crippen LogP contribution in [0.25, 0.3) is 5.69 Å². The van der Waals surface area contributed by atoms with Gasteiger partial charge in [0.15, 0.2) is 0 Å². The first kappa shape index (κ1) is 22.6. The Balaban J connectivity index is 1.34. The predicted octanol–water partition coefficient (Wildman–Crippen LogP) is 6.52. The molecule has 0 saturated carbocycles. The van der Waals surface area contributed by atoms with Crippen LogP contribution in [0.1, 0.15) is 28.4 Å². The standard InChI is InChI=1S/C26H21Cl2N3O2/c1-18(29-30-26(32)20-5-10-23(11-6-20)31-14-2-3-15-31)19-7-12-24(13-8-19)33-17-21-4-9-22(27)16-25(21)28/h2-16H,17H2,1H3,(H,30,32)/b29-18+. The molecule has 0 unspecified atom stereocenters. The quantitative estimate of drug-likeness (QED) is 0.243. The van der Waals surface area contributed by atoms with Gasteiger partial charge < -0.3 is 9.30 Å². The highest BCUT2D eigenvalue weighted by molar-refractivity contribution is 6.35. The monoisotopic (exact) mass is 477 g/mol. The molecule has 0 aliphatic rings. The van der Waals surface area contributed by atoms with Crippen LogP contribution in [0.15, 0.2) is 96.4 Å². The van der Waals surface area contributed by atoms with E-state index in [9.17, 15) is 4.79 Å². The van der Waals surface area contributed by atoms with E-state index in [1.54, 1.807) is 24.3 Å². The highest BCUT2D eigenvalue weighted by Gasteiger charge is 2.07. The zero-order valence-corrected chi connectivity index (χ0v) is 19.3. The number of carbonyl (C=O) groups excluding carboxylic acids is 1. The van der Waals surface area contributed by atoms with Crippen molar-refractivity contribution in [3.05, 3.63) is 118 Å². The topological polar surface area (TPSA) is 55.6 Å². The van der Waals surface area contributed by atoms with E-state index < -0.39 is 0 Å². The normalized spacial score (nSPS) is 11.3. The molecule has 0 fully saturated rings. The maximum Gasteiger partial charge on any atom is 0.271 e. The fourth-order valence-corrected chi connectivity index (χ4v) is 3.61. The Hall–Kier alpha value is -3.54. The van der Waals surface area contributed by atoms with Crippen LogP contribution >= 0.6 is 23.2 Å². The van der Waals surface area contributed by atoms with E-state index >= 15 is 0 Å². The third kappa shape index (κ3) is 5.83. The number of halogens is 2. The smallest absolute Gasteiger partial charge is 0.271 e. The summed E-state index contributed by atoms with van der Waals surface area (Å²) in [4.78, 5) is 12.4. The lowest BCUT2D eigenvalue weighted by molar-refractivity contribution is 0.0955. The van der Waals surface area contributed by atoms with Crippen molar-refractivity contribution in [3.8, 4) is 11.4 Å². The molecule has 4 aromatic rings. The molecule has 5 nitrogen and oxygen atoms in total. The first-order chi connectivity index (χ1) is 16.0. The van der Waals surface area contributed by atoms with Crippen molar-refractivity contribution in [1.29, 1.82) is 0 Å². The van der Waals surface area contributed by atoms with Gasteiger partial charge in [-0.1, -0.05) is 29.3 Å². The van der Waals surface area contributed by atoms with E-state index in [0.29, 0.717) is 33.7 Å². The zero-order chi connectivity index (χ0) is 23.2. The van der Waals surface area contributed by atoms with Crippen molar-refractivity contribution < 1.29 is 9.53 Å². The summed E-state index contributed by atoms with van der Waals surface area (Å²) in [6.45, 7) is 2.17. The van der Waals surface area contributed by atoms with Crippen molar-refractivity contribution >= 4 is 34.8 Å². The Morgan fingerprint density at radius 3 is 2.27 bits per heavy atom. The third-order valence-corrected chi connectivity index (χ3v) is 5.63. The molecule has 3 aromatic carbocycles. The predicted molar refractivity (Wildman–Crippen MR) is 133 cm³/mol.